The van der Waals surface area contributed by atoms with Crippen LogP contribution in [0.5, 0.6) is 0 Å². The van der Waals surface area contributed by atoms with Gasteiger partial charge in [-0.05, 0) is 56.0 Å². The van der Waals surface area contributed by atoms with Crippen LogP contribution in [0, 0.1) is 22.3 Å². The van der Waals surface area contributed by atoms with Crippen LogP contribution in [0.25, 0.3) is 21.5 Å². The molecule has 0 bridgehead atoms. The quantitative estimate of drug-likeness (QED) is 0.158. The molecule has 5 rings (SSSR count). The van der Waals surface area contributed by atoms with Gasteiger partial charge in [-0.3, -0.25) is 0 Å². The SMILES string of the molecule is CC.CC.CC.CC.CC.CC.CC.CC(C)c1ccc2ccccc2c1.CC(C)c1cccc2ccccc12.CC(C)c1ccccc1.[CH3-].[CH3-].[CH3-].[Y].[Y].[Y]. The van der Waals surface area contributed by atoms with Crippen LogP contribution in [0.2, 0.25) is 0 Å². The normalized spacial score (nSPS) is 7.62. The van der Waals surface area contributed by atoms with Gasteiger partial charge in [-0.1, -0.05) is 254 Å². The van der Waals surface area contributed by atoms with E-state index < -0.39 is 0 Å². The molecule has 0 aromatic heterocycles. The van der Waals surface area contributed by atoms with Crippen LogP contribution in [-0.4, -0.2) is 0 Å². The summed E-state index contributed by atoms with van der Waals surface area (Å²) in [6.45, 7) is 41.3. The number of benzene rings is 5. The molecule has 0 unspecified atom stereocenters. The molecule has 3 radical (unpaired) electrons. The van der Waals surface area contributed by atoms with Crippen LogP contribution in [0.1, 0.15) is 173 Å². The molecule has 0 nitrogen and oxygen atoms in total. The Morgan fingerprint density at radius 2 is 0.636 bits per heavy atom. The first-order valence-corrected chi connectivity index (χ1v) is 19.9. The van der Waals surface area contributed by atoms with Gasteiger partial charge in [0.05, 0.1) is 0 Å². The Bertz CT molecular complexity index is 1320. The van der Waals surface area contributed by atoms with E-state index >= 15 is 0 Å². The zero-order valence-electron chi connectivity index (χ0n) is 40.9. The maximum Gasteiger partial charge on any atom is 0 e. The summed E-state index contributed by atoms with van der Waals surface area (Å²) < 4.78 is 0. The summed E-state index contributed by atoms with van der Waals surface area (Å²) in [6, 6.07) is 40.8. The van der Waals surface area contributed by atoms with Crippen LogP contribution in [0.4, 0.5) is 0 Å². The van der Waals surface area contributed by atoms with Crippen molar-refractivity contribution in [2.75, 3.05) is 0 Å². The first-order valence-electron chi connectivity index (χ1n) is 19.9. The third kappa shape index (κ3) is 39.2. The summed E-state index contributed by atoms with van der Waals surface area (Å²) in [5, 5.41) is 5.40. The van der Waals surface area contributed by atoms with E-state index in [1.807, 2.05) is 103 Å². The molecule has 0 amide bonds. The minimum absolute atomic E-state index is 0. The Labute approximate surface area is 425 Å². The Morgan fingerprint density at radius 1 is 0.291 bits per heavy atom. The van der Waals surface area contributed by atoms with Crippen LogP contribution in [0.15, 0.2) is 115 Å². The van der Waals surface area contributed by atoms with Crippen molar-refractivity contribution in [3.63, 3.8) is 0 Å². The van der Waals surface area contributed by atoms with E-state index in [0.29, 0.717) is 17.8 Å². The predicted octanol–water partition coefficient (Wildman–Crippen LogP) is 19.3. The largest absolute Gasteiger partial charge is 0.358 e. The van der Waals surface area contributed by atoms with Crippen molar-refractivity contribution in [1.29, 1.82) is 0 Å². The fourth-order valence-electron chi connectivity index (χ4n) is 4.16. The van der Waals surface area contributed by atoms with Crippen molar-refractivity contribution in [3.05, 3.63) is 154 Å². The van der Waals surface area contributed by atoms with Crippen molar-refractivity contribution in [3.8, 4) is 0 Å². The Kier molecular flexibility index (Phi) is 95.0. The molecule has 0 saturated heterocycles. The van der Waals surface area contributed by atoms with E-state index in [0.717, 1.165) is 0 Å². The molecule has 0 aliphatic carbocycles. The average Bonchev–Trinajstić information content (AvgIpc) is 3.20. The molecule has 3 heteroatoms. The minimum atomic E-state index is 0. The summed E-state index contributed by atoms with van der Waals surface area (Å²) in [5.41, 5.74) is 4.27. The van der Waals surface area contributed by atoms with Gasteiger partial charge in [0.2, 0.25) is 0 Å². The molecule has 0 fully saturated rings. The predicted molar refractivity (Wildman–Crippen MR) is 255 cm³/mol. The van der Waals surface area contributed by atoms with Gasteiger partial charge in [-0.15, -0.1) is 0 Å². The van der Waals surface area contributed by atoms with Crippen LogP contribution >= 0.6 is 0 Å². The number of fused-ring (bicyclic) bond motifs is 2. The van der Waals surface area contributed by atoms with Crippen molar-refractivity contribution in [2.24, 2.45) is 0 Å². The molecule has 5 aromatic rings. The van der Waals surface area contributed by atoms with E-state index in [9.17, 15) is 0 Å². The third-order valence-electron chi connectivity index (χ3n) is 6.35. The molecule has 0 N–H and O–H groups in total. The van der Waals surface area contributed by atoms with Crippen molar-refractivity contribution >= 4 is 21.5 Å². The van der Waals surface area contributed by atoms with Crippen molar-refractivity contribution in [1.82, 2.24) is 0 Å². The van der Waals surface area contributed by atoms with Gasteiger partial charge in [0.1, 0.15) is 0 Å². The van der Waals surface area contributed by atoms with Gasteiger partial charge >= 0.3 is 0 Å². The summed E-state index contributed by atoms with van der Waals surface area (Å²) in [7, 11) is 0. The average molecular weight is 983 g/mol. The summed E-state index contributed by atoms with van der Waals surface area (Å²) >= 11 is 0. The molecule has 0 aliphatic rings. The monoisotopic (exact) mass is 982 g/mol. The van der Waals surface area contributed by atoms with Crippen LogP contribution < -0.4 is 0 Å². The molecule has 0 heterocycles. The molecule has 0 aliphatic heterocycles. The van der Waals surface area contributed by atoms with E-state index in [-0.39, 0.29) is 120 Å². The number of hydrogen-bond donors (Lipinski definition) is 0. The van der Waals surface area contributed by atoms with Crippen LogP contribution in [0.3, 0.4) is 0 Å². The Morgan fingerprint density at radius 3 is 1.02 bits per heavy atom. The number of hydrogen-bond acceptors (Lipinski definition) is 0. The molecule has 0 spiro atoms. The number of rotatable bonds is 3. The maximum atomic E-state index is 2.28. The maximum absolute atomic E-state index is 2.28. The van der Waals surface area contributed by atoms with E-state index in [1.54, 1.807) is 0 Å². The molecule has 0 saturated carbocycles. The minimum Gasteiger partial charge on any atom is -0.358 e. The van der Waals surface area contributed by atoms with Crippen molar-refractivity contribution in [2.45, 2.75) is 156 Å². The smallest absolute Gasteiger partial charge is 0 e. The zero-order valence-corrected chi connectivity index (χ0v) is 49.4. The van der Waals surface area contributed by atoms with Gasteiger partial charge in [0, 0.05) is 98.1 Å². The van der Waals surface area contributed by atoms with E-state index in [1.165, 1.54) is 38.2 Å². The molecule has 55 heavy (non-hydrogen) atoms. The van der Waals surface area contributed by atoms with Gasteiger partial charge in [-0.25, -0.2) is 0 Å². The van der Waals surface area contributed by atoms with Gasteiger partial charge in [-0.2, -0.15) is 0 Å². The van der Waals surface area contributed by atoms with E-state index in [4.69, 9.17) is 0 Å². The molecular weight excluding hydrogens is 891 g/mol. The zero-order chi connectivity index (χ0) is 39.2. The fraction of sp³-hybridized carbons (Fsp3) is 0.442. The third-order valence-corrected chi connectivity index (χ3v) is 6.35. The first kappa shape index (κ1) is 82.8. The molecule has 5 aromatic carbocycles. The summed E-state index contributed by atoms with van der Waals surface area (Å²) in [5.74, 6) is 1.88. The topological polar surface area (TPSA) is 0 Å². The molecular formula is C52H91Y3-3. The second kappa shape index (κ2) is 63.1. The van der Waals surface area contributed by atoms with Gasteiger partial charge < -0.3 is 22.3 Å². The van der Waals surface area contributed by atoms with Crippen molar-refractivity contribution < 1.29 is 98.1 Å². The van der Waals surface area contributed by atoms with E-state index in [2.05, 4.69) is 151 Å². The molecule has 0 atom stereocenters. The second-order valence-electron chi connectivity index (χ2n) is 10.0. The fourth-order valence-corrected chi connectivity index (χ4v) is 4.16. The Hall–Kier alpha value is -0.0683. The summed E-state index contributed by atoms with van der Waals surface area (Å²) in [6.07, 6.45) is 0. The first-order chi connectivity index (χ1) is 23.9. The van der Waals surface area contributed by atoms with Gasteiger partial charge in [0.25, 0.3) is 0 Å². The van der Waals surface area contributed by atoms with Gasteiger partial charge in [0.15, 0.2) is 0 Å². The molecule has 311 valence electrons. The second-order valence-corrected chi connectivity index (χ2v) is 10.0. The standard InChI is InChI=1S/2C13H14.C9H12.7C2H6.3CH3.3Y/c1-10(2)12-9-5-7-11-6-3-4-8-13(11)12;1-10(2)12-8-7-11-5-3-4-6-13(11)9-12;1-8(2)9-6-4-3-5-7-9;7*1-2;;;;;;/h2*3-10H,1-2H3;3-8H,1-2H3;7*1-2H3;3*1H3;;;/q;;;;;;;;;;3*-1;;;. The Balaban J connectivity index is -0.0000000486. The van der Waals surface area contributed by atoms with Crippen LogP contribution in [-0.2, 0) is 98.1 Å². The summed E-state index contributed by atoms with van der Waals surface area (Å²) in [4.78, 5) is 0.